The van der Waals surface area contributed by atoms with Crippen molar-refractivity contribution in [3.8, 4) is 11.8 Å². The minimum atomic E-state index is -4.42. The molecule has 0 bridgehead atoms. The van der Waals surface area contributed by atoms with E-state index in [-0.39, 0.29) is 13.2 Å². The van der Waals surface area contributed by atoms with Crippen molar-refractivity contribution in [3.05, 3.63) is 53.3 Å². The van der Waals surface area contributed by atoms with E-state index in [4.69, 9.17) is 5.11 Å². The predicted octanol–water partition coefficient (Wildman–Crippen LogP) is 2.68. The summed E-state index contributed by atoms with van der Waals surface area (Å²) in [6.07, 6.45) is -2.70. The standard InChI is InChI=1S/C15H13F3N2O/c16-15(17,18)14-8-9-20(19-14)11-13-6-4-12(5-7-13)3-1-2-10-21/h4-9,21H,2,10-11H2. The van der Waals surface area contributed by atoms with Crippen LogP contribution in [0.15, 0.2) is 36.5 Å². The van der Waals surface area contributed by atoms with Crippen LogP contribution >= 0.6 is 0 Å². The number of hydrogen-bond donors (Lipinski definition) is 1. The topological polar surface area (TPSA) is 38.0 Å². The summed E-state index contributed by atoms with van der Waals surface area (Å²) in [5, 5.41) is 12.1. The van der Waals surface area contributed by atoms with Crippen LogP contribution in [0.1, 0.15) is 23.2 Å². The van der Waals surface area contributed by atoms with Gasteiger partial charge >= 0.3 is 6.18 Å². The van der Waals surface area contributed by atoms with Gasteiger partial charge in [0.1, 0.15) is 0 Å². The van der Waals surface area contributed by atoms with Crippen molar-refractivity contribution in [1.29, 1.82) is 0 Å². The zero-order chi connectivity index (χ0) is 15.3. The molecule has 0 fully saturated rings. The Morgan fingerprint density at radius 3 is 2.43 bits per heavy atom. The van der Waals surface area contributed by atoms with Crippen LogP contribution < -0.4 is 0 Å². The second-order valence-corrected chi connectivity index (χ2v) is 4.37. The lowest BCUT2D eigenvalue weighted by molar-refractivity contribution is -0.141. The molecule has 1 N–H and O–H groups in total. The first-order chi connectivity index (χ1) is 9.99. The third-order valence-corrected chi connectivity index (χ3v) is 2.70. The summed E-state index contributed by atoms with van der Waals surface area (Å²) in [4.78, 5) is 0. The molecule has 0 unspecified atom stereocenters. The molecule has 0 saturated carbocycles. The first kappa shape index (κ1) is 15.1. The SMILES string of the molecule is OCCC#Cc1ccc(Cn2ccc(C(F)(F)F)n2)cc1. The minimum Gasteiger partial charge on any atom is -0.395 e. The zero-order valence-corrected chi connectivity index (χ0v) is 11.1. The number of alkyl halides is 3. The molecule has 110 valence electrons. The van der Waals surface area contributed by atoms with E-state index in [9.17, 15) is 13.2 Å². The predicted molar refractivity (Wildman–Crippen MR) is 71.4 cm³/mol. The van der Waals surface area contributed by atoms with Crippen molar-refractivity contribution >= 4 is 0 Å². The summed E-state index contributed by atoms with van der Waals surface area (Å²) in [7, 11) is 0. The Morgan fingerprint density at radius 1 is 1.14 bits per heavy atom. The first-order valence-electron chi connectivity index (χ1n) is 6.28. The average Bonchev–Trinajstić information content (AvgIpc) is 2.90. The van der Waals surface area contributed by atoms with E-state index >= 15 is 0 Å². The van der Waals surface area contributed by atoms with Crippen LogP contribution in [-0.2, 0) is 12.7 Å². The number of hydrogen-bond acceptors (Lipinski definition) is 2. The van der Waals surface area contributed by atoms with E-state index in [1.807, 2.05) is 0 Å². The highest BCUT2D eigenvalue weighted by Crippen LogP contribution is 2.27. The molecule has 0 atom stereocenters. The van der Waals surface area contributed by atoms with Gasteiger partial charge in [-0.3, -0.25) is 4.68 Å². The fourth-order valence-corrected chi connectivity index (χ4v) is 1.70. The summed E-state index contributed by atoms with van der Waals surface area (Å²) in [5.41, 5.74) is 0.733. The van der Waals surface area contributed by atoms with Gasteiger partial charge in [0, 0.05) is 18.2 Å². The summed E-state index contributed by atoms with van der Waals surface area (Å²) >= 11 is 0. The van der Waals surface area contributed by atoms with Crippen molar-refractivity contribution < 1.29 is 18.3 Å². The molecule has 2 aromatic rings. The van der Waals surface area contributed by atoms with Crippen LogP contribution in [-0.4, -0.2) is 21.5 Å². The van der Waals surface area contributed by atoms with Gasteiger partial charge in [-0.25, -0.2) is 0 Å². The van der Waals surface area contributed by atoms with Crippen LogP contribution in [0.3, 0.4) is 0 Å². The van der Waals surface area contributed by atoms with Crippen LogP contribution in [0.4, 0.5) is 13.2 Å². The van der Waals surface area contributed by atoms with Gasteiger partial charge in [0.25, 0.3) is 0 Å². The van der Waals surface area contributed by atoms with Gasteiger partial charge in [0.15, 0.2) is 5.69 Å². The Hall–Kier alpha value is -2.26. The summed E-state index contributed by atoms with van der Waals surface area (Å²) in [6.45, 7) is 0.284. The van der Waals surface area contributed by atoms with Gasteiger partial charge in [-0.2, -0.15) is 18.3 Å². The van der Waals surface area contributed by atoms with Gasteiger partial charge in [0.2, 0.25) is 0 Å². The second-order valence-electron chi connectivity index (χ2n) is 4.37. The Balaban J connectivity index is 2.04. The highest BCUT2D eigenvalue weighted by molar-refractivity contribution is 5.36. The maximum atomic E-state index is 12.4. The molecule has 0 amide bonds. The maximum Gasteiger partial charge on any atom is 0.435 e. The van der Waals surface area contributed by atoms with Gasteiger partial charge < -0.3 is 5.11 Å². The Morgan fingerprint density at radius 2 is 1.86 bits per heavy atom. The molecule has 0 aliphatic carbocycles. The number of aliphatic hydroxyl groups excluding tert-OH is 1. The zero-order valence-electron chi connectivity index (χ0n) is 11.1. The van der Waals surface area contributed by atoms with Crippen molar-refractivity contribution in [3.63, 3.8) is 0 Å². The number of nitrogens with zero attached hydrogens (tertiary/aromatic N) is 2. The van der Waals surface area contributed by atoms with Gasteiger partial charge in [-0.05, 0) is 23.8 Å². The molecular formula is C15H13F3N2O. The maximum absolute atomic E-state index is 12.4. The third-order valence-electron chi connectivity index (χ3n) is 2.70. The molecule has 1 heterocycles. The molecule has 1 aromatic carbocycles. The lowest BCUT2D eigenvalue weighted by Crippen LogP contribution is -2.08. The van der Waals surface area contributed by atoms with Crippen LogP contribution in [0.2, 0.25) is 0 Å². The van der Waals surface area contributed by atoms with Gasteiger partial charge in [0.05, 0.1) is 13.2 Å². The minimum absolute atomic E-state index is 0.0198. The van der Waals surface area contributed by atoms with E-state index in [1.165, 1.54) is 10.9 Å². The van der Waals surface area contributed by atoms with Gasteiger partial charge in [-0.1, -0.05) is 24.0 Å². The van der Waals surface area contributed by atoms with Crippen LogP contribution in [0, 0.1) is 11.8 Å². The highest BCUT2D eigenvalue weighted by Gasteiger charge is 2.33. The fraction of sp³-hybridized carbons (Fsp3) is 0.267. The number of aromatic nitrogens is 2. The van der Waals surface area contributed by atoms with Crippen molar-refractivity contribution in [2.24, 2.45) is 0 Å². The number of halogens is 3. The van der Waals surface area contributed by atoms with E-state index in [0.717, 1.165) is 17.2 Å². The van der Waals surface area contributed by atoms with Gasteiger partial charge in [-0.15, -0.1) is 0 Å². The smallest absolute Gasteiger partial charge is 0.395 e. The normalized spacial score (nSPS) is 11.0. The Kier molecular flexibility index (Phi) is 4.66. The quantitative estimate of drug-likeness (QED) is 0.884. The Labute approximate surface area is 120 Å². The number of benzene rings is 1. The summed E-state index contributed by atoms with van der Waals surface area (Å²) in [5.74, 6) is 5.68. The van der Waals surface area contributed by atoms with Crippen molar-refractivity contribution in [1.82, 2.24) is 9.78 Å². The monoisotopic (exact) mass is 294 g/mol. The molecule has 0 radical (unpaired) electrons. The summed E-state index contributed by atoms with van der Waals surface area (Å²) in [6, 6.07) is 8.10. The van der Waals surface area contributed by atoms with E-state index in [1.54, 1.807) is 24.3 Å². The van der Waals surface area contributed by atoms with Crippen LogP contribution in [0.25, 0.3) is 0 Å². The Bertz CT molecular complexity index is 648. The fourth-order valence-electron chi connectivity index (χ4n) is 1.70. The number of rotatable bonds is 3. The van der Waals surface area contributed by atoms with E-state index in [2.05, 4.69) is 16.9 Å². The van der Waals surface area contributed by atoms with E-state index in [0.29, 0.717) is 6.42 Å². The lowest BCUT2D eigenvalue weighted by atomic mass is 10.1. The summed E-state index contributed by atoms with van der Waals surface area (Å²) < 4.78 is 38.5. The molecule has 1 aromatic heterocycles. The third kappa shape index (κ3) is 4.36. The van der Waals surface area contributed by atoms with Crippen LogP contribution in [0.5, 0.6) is 0 Å². The molecule has 6 heteroatoms. The average molecular weight is 294 g/mol. The second kappa shape index (κ2) is 6.46. The molecule has 21 heavy (non-hydrogen) atoms. The molecule has 2 rings (SSSR count). The number of aliphatic hydroxyl groups is 1. The first-order valence-corrected chi connectivity index (χ1v) is 6.28. The van der Waals surface area contributed by atoms with Crippen molar-refractivity contribution in [2.75, 3.05) is 6.61 Å². The molecule has 3 nitrogen and oxygen atoms in total. The molecular weight excluding hydrogens is 281 g/mol. The molecule has 0 aliphatic rings. The molecule has 0 aliphatic heterocycles. The molecule has 0 saturated heterocycles. The van der Waals surface area contributed by atoms with Crippen molar-refractivity contribution in [2.45, 2.75) is 19.1 Å². The lowest BCUT2D eigenvalue weighted by Gasteiger charge is -2.03. The van der Waals surface area contributed by atoms with E-state index < -0.39 is 11.9 Å². The largest absolute Gasteiger partial charge is 0.435 e. The highest BCUT2D eigenvalue weighted by atomic mass is 19.4. The molecule has 0 spiro atoms.